The van der Waals surface area contributed by atoms with Crippen LogP contribution in [-0.4, -0.2) is 24.5 Å². The molecule has 2 heterocycles. The zero-order valence-corrected chi connectivity index (χ0v) is 13.8. The van der Waals surface area contributed by atoms with Crippen molar-refractivity contribution in [3.05, 3.63) is 66.9 Å². The minimum Gasteiger partial charge on any atom is -0.482 e. The van der Waals surface area contributed by atoms with E-state index in [1.807, 2.05) is 60.7 Å². The van der Waals surface area contributed by atoms with Crippen LogP contribution in [0, 0.1) is 0 Å². The summed E-state index contributed by atoms with van der Waals surface area (Å²) in [5, 5.41) is 3.29. The number of fused-ring (bicyclic) bond motifs is 1. The van der Waals surface area contributed by atoms with E-state index >= 15 is 0 Å². The Bertz CT molecular complexity index is 925. The van der Waals surface area contributed by atoms with Crippen molar-refractivity contribution in [3.63, 3.8) is 0 Å². The molecule has 5 nitrogen and oxygen atoms in total. The fraction of sp³-hybridized carbons (Fsp3) is 0.100. The maximum absolute atomic E-state index is 11.8. The number of hydrogen-bond donors (Lipinski definition) is 1. The molecule has 1 amide bonds. The molecule has 0 unspecified atom stereocenters. The lowest BCUT2D eigenvalue weighted by molar-refractivity contribution is -0.120. The average molecular weight is 331 g/mol. The van der Waals surface area contributed by atoms with Gasteiger partial charge in [-0.25, -0.2) is 4.98 Å². The number of carbonyl (C=O) groups is 1. The monoisotopic (exact) mass is 331 g/mol. The summed E-state index contributed by atoms with van der Waals surface area (Å²) in [5.41, 5.74) is 3.78. The number of aromatic nitrogens is 1. The molecule has 0 saturated heterocycles. The highest BCUT2D eigenvalue weighted by Gasteiger charge is 2.22. The molecule has 0 saturated carbocycles. The van der Waals surface area contributed by atoms with Crippen molar-refractivity contribution < 1.29 is 9.53 Å². The van der Waals surface area contributed by atoms with Gasteiger partial charge < -0.3 is 15.0 Å². The zero-order valence-electron chi connectivity index (χ0n) is 13.8. The molecule has 124 valence electrons. The molecule has 1 aromatic heterocycles. The van der Waals surface area contributed by atoms with Crippen molar-refractivity contribution in [2.75, 3.05) is 23.9 Å². The molecule has 0 bridgehead atoms. The van der Waals surface area contributed by atoms with Crippen LogP contribution in [0.25, 0.3) is 11.1 Å². The van der Waals surface area contributed by atoms with E-state index in [2.05, 4.69) is 10.3 Å². The van der Waals surface area contributed by atoms with Gasteiger partial charge in [0.2, 0.25) is 0 Å². The van der Waals surface area contributed by atoms with Crippen LogP contribution in [0.4, 0.5) is 17.2 Å². The third-order valence-electron chi connectivity index (χ3n) is 4.19. The van der Waals surface area contributed by atoms with Crippen LogP contribution in [0.2, 0.25) is 0 Å². The number of amides is 1. The molecule has 1 N–H and O–H groups in total. The maximum atomic E-state index is 11.8. The van der Waals surface area contributed by atoms with Gasteiger partial charge in [-0.2, -0.15) is 0 Å². The Balaban J connectivity index is 1.66. The first kappa shape index (κ1) is 15.2. The van der Waals surface area contributed by atoms with Crippen LogP contribution in [0.3, 0.4) is 0 Å². The first-order valence-electron chi connectivity index (χ1n) is 8.02. The normalized spacial score (nSPS) is 13.2. The van der Waals surface area contributed by atoms with Gasteiger partial charge in [0.1, 0.15) is 11.6 Å². The van der Waals surface area contributed by atoms with Crippen LogP contribution in [0.5, 0.6) is 5.75 Å². The fourth-order valence-corrected chi connectivity index (χ4v) is 2.80. The van der Waals surface area contributed by atoms with Gasteiger partial charge in [0, 0.05) is 18.9 Å². The summed E-state index contributed by atoms with van der Waals surface area (Å²) in [6.07, 6.45) is 1.77. The van der Waals surface area contributed by atoms with E-state index in [4.69, 9.17) is 4.74 Å². The van der Waals surface area contributed by atoms with E-state index < -0.39 is 0 Å². The van der Waals surface area contributed by atoms with E-state index in [0.717, 1.165) is 34.1 Å². The van der Waals surface area contributed by atoms with E-state index in [1.165, 1.54) is 0 Å². The van der Waals surface area contributed by atoms with Crippen molar-refractivity contribution in [1.29, 1.82) is 0 Å². The van der Waals surface area contributed by atoms with Gasteiger partial charge in [-0.1, -0.05) is 24.3 Å². The number of carbonyl (C=O) groups excluding carboxylic acids is 1. The number of nitrogens with one attached hydrogen (secondary N) is 1. The number of pyridine rings is 1. The topological polar surface area (TPSA) is 54.5 Å². The molecule has 1 aliphatic rings. The zero-order chi connectivity index (χ0) is 17.2. The Morgan fingerprint density at radius 3 is 2.68 bits per heavy atom. The third-order valence-corrected chi connectivity index (χ3v) is 4.19. The van der Waals surface area contributed by atoms with E-state index in [1.54, 1.807) is 18.1 Å². The van der Waals surface area contributed by atoms with Gasteiger partial charge in [0.25, 0.3) is 5.91 Å². The molecule has 0 spiro atoms. The van der Waals surface area contributed by atoms with Gasteiger partial charge in [-0.15, -0.1) is 0 Å². The van der Waals surface area contributed by atoms with Crippen molar-refractivity contribution >= 4 is 23.1 Å². The quantitative estimate of drug-likeness (QED) is 0.792. The molecular weight excluding hydrogens is 314 g/mol. The highest BCUT2D eigenvalue weighted by Crippen LogP contribution is 2.35. The minimum absolute atomic E-state index is 0.0502. The second-order valence-corrected chi connectivity index (χ2v) is 5.84. The van der Waals surface area contributed by atoms with Gasteiger partial charge in [0.05, 0.1) is 5.69 Å². The van der Waals surface area contributed by atoms with Crippen LogP contribution in [0.15, 0.2) is 66.9 Å². The molecule has 25 heavy (non-hydrogen) atoms. The van der Waals surface area contributed by atoms with Crippen molar-refractivity contribution in [1.82, 2.24) is 4.98 Å². The van der Waals surface area contributed by atoms with E-state index in [0.29, 0.717) is 0 Å². The SMILES string of the molecule is CN1C(=O)COc2ccc(-c3ccnc(Nc4ccccc4)c3)cc21. The van der Waals surface area contributed by atoms with Crippen LogP contribution in [-0.2, 0) is 4.79 Å². The van der Waals surface area contributed by atoms with Crippen LogP contribution < -0.4 is 15.0 Å². The minimum atomic E-state index is -0.0502. The standard InChI is InChI=1S/C20H17N3O2/c1-23-17-11-14(7-8-18(17)25-13-20(23)24)15-9-10-21-19(12-15)22-16-5-3-2-4-6-16/h2-12H,13H2,1H3,(H,21,22). The van der Waals surface area contributed by atoms with Crippen molar-refractivity contribution in [2.24, 2.45) is 0 Å². The number of hydrogen-bond acceptors (Lipinski definition) is 4. The lowest BCUT2D eigenvalue weighted by Crippen LogP contribution is -2.35. The van der Waals surface area contributed by atoms with Gasteiger partial charge in [-0.05, 0) is 47.5 Å². The van der Waals surface area contributed by atoms with Gasteiger partial charge in [-0.3, -0.25) is 4.79 Å². The number of likely N-dealkylation sites (N-methyl/N-ethyl adjacent to an activating group) is 1. The molecular formula is C20H17N3O2. The Morgan fingerprint density at radius 2 is 1.84 bits per heavy atom. The Labute approximate surface area is 145 Å². The van der Waals surface area contributed by atoms with Crippen LogP contribution in [0.1, 0.15) is 0 Å². The Hall–Kier alpha value is -3.34. The summed E-state index contributed by atoms with van der Waals surface area (Å²) in [6.45, 7) is 0.0866. The molecule has 2 aromatic carbocycles. The number of benzene rings is 2. The number of para-hydroxylation sites is 1. The molecule has 0 fully saturated rings. The predicted octanol–water partition coefficient (Wildman–Crippen LogP) is 3.85. The number of nitrogens with zero attached hydrogens (tertiary/aromatic N) is 2. The smallest absolute Gasteiger partial charge is 0.264 e. The highest BCUT2D eigenvalue weighted by molar-refractivity contribution is 5.98. The summed E-state index contributed by atoms with van der Waals surface area (Å²) < 4.78 is 5.48. The summed E-state index contributed by atoms with van der Waals surface area (Å²) in [5.74, 6) is 1.44. The summed E-state index contributed by atoms with van der Waals surface area (Å²) in [4.78, 5) is 17.8. The summed E-state index contributed by atoms with van der Waals surface area (Å²) in [6, 6.07) is 19.7. The highest BCUT2D eigenvalue weighted by atomic mass is 16.5. The molecule has 1 aliphatic heterocycles. The molecule has 0 aliphatic carbocycles. The number of anilines is 3. The first-order valence-corrected chi connectivity index (χ1v) is 8.02. The third kappa shape index (κ3) is 3.04. The average Bonchev–Trinajstić information content (AvgIpc) is 2.66. The Morgan fingerprint density at radius 1 is 1.04 bits per heavy atom. The molecule has 3 aromatic rings. The lowest BCUT2D eigenvalue weighted by atomic mass is 10.0. The van der Waals surface area contributed by atoms with E-state index in [-0.39, 0.29) is 12.5 Å². The van der Waals surface area contributed by atoms with Gasteiger partial charge >= 0.3 is 0 Å². The van der Waals surface area contributed by atoms with Gasteiger partial charge in [0.15, 0.2) is 6.61 Å². The van der Waals surface area contributed by atoms with Crippen molar-refractivity contribution in [3.8, 4) is 16.9 Å². The fourth-order valence-electron chi connectivity index (χ4n) is 2.80. The Kier molecular flexibility index (Phi) is 3.82. The molecule has 0 atom stereocenters. The summed E-state index contributed by atoms with van der Waals surface area (Å²) in [7, 11) is 1.77. The maximum Gasteiger partial charge on any atom is 0.264 e. The predicted molar refractivity (Wildman–Crippen MR) is 98.3 cm³/mol. The molecule has 4 rings (SSSR count). The number of rotatable bonds is 3. The second-order valence-electron chi connectivity index (χ2n) is 5.84. The van der Waals surface area contributed by atoms with E-state index in [9.17, 15) is 4.79 Å². The first-order chi connectivity index (χ1) is 12.2. The van der Waals surface area contributed by atoms with Crippen LogP contribution >= 0.6 is 0 Å². The summed E-state index contributed by atoms with van der Waals surface area (Å²) >= 11 is 0. The molecule has 5 heteroatoms. The van der Waals surface area contributed by atoms with Crippen molar-refractivity contribution in [2.45, 2.75) is 0 Å². The molecule has 0 radical (unpaired) electrons. The second kappa shape index (κ2) is 6.28. The largest absolute Gasteiger partial charge is 0.482 e. The number of ether oxygens (including phenoxy) is 1. The lowest BCUT2D eigenvalue weighted by Gasteiger charge is -2.26.